The summed E-state index contributed by atoms with van der Waals surface area (Å²) in [5, 5.41) is 0. The van der Waals surface area contributed by atoms with Gasteiger partial charge in [-0.2, -0.15) is 0 Å². The van der Waals surface area contributed by atoms with Crippen molar-refractivity contribution in [3.05, 3.63) is 50.2 Å². The summed E-state index contributed by atoms with van der Waals surface area (Å²) in [5.74, 6) is -0.154. The number of anilines is 3. The summed E-state index contributed by atoms with van der Waals surface area (Å²) in [6.07, 6.45) is 1.92. The average Bonchev–Trinajstić information content (AvgIpc) is 2.73. The maximum atomic E-state index is 13.5. The smallest absolute Gasteiger partial charge is 0.330 e. The molecule has 1 aliphatic rings. The minimum Gasteiger partial charge on any atom is -0.383 e. The molecule has 0 bridgehead atoms. The predicted molar refractivity (Wildman–Crippen MR) is 127 cm³/mol. The summed E-state index contributed by atoms with van der Waals surface area (Å²) in [4.78, 5) is 44.2. The second-order valence-corrected chi connectivity index (χ2v) is 8.69. The van der Waals surface area contributed by atoms with Crippen molar-refractivity contribution >= 4 is 23.1 Å². The Morgan fingerprint density at radius 3 is 2.75 bits per heavy atom. The number of methoxy groups -OCH3 is 1. The lowest BCUT2D eigenvalue weighted by molar-refractivity contribution is -0.117. The SMILES string of the molecule is COCCN(C(=O)CN1CCCc2cc(C)ccc21)c1c(N)n(CC(C)C)c(=O)[nH]c1=O. The van der Waals surface area contributed by atoms with Crippen molar-refractivity contribution < 1.29 is 9.53 Å². The number of aromatic amines is 1. The molecule has 32 heavy (non-hydrogen) atoms. The Hall–Kier alpha value is -3.07. The molecule has 0 spiro atoms. The summed E-state index contributed by atoms with van der Waals surface area (Å²) in [7, 11) is 1.53. The highest BCUT2D eigenvalue weighted by molar-refractivity contribution is 5.98. The van der Waals surface area contributed by atoms with Crippen molar-refractivity contribution in [2.75, 3.05) is 48.9 Å². The minimum absolute atomic E-state index is 0.00607. The van der Waals surface area contributed by atoms with E-state index in [2.05, 4.69) is 18.0 Å². The summed E-state index contributed by atoms with van der Waals surface area (Å²) < 4.78 is 6.49. The Morgan fingerprint density at radius 1 is 1.31 bits per heavy atom. The molecule has 1 aliphatic heterocycles. The number of nitrogens with one attached hydrogen (secondary N) is 1. The lowest BCUT2D eigenvalue weighted by Gasteiger charge is -2.33. The monoisotopic (exact) mass is 443 g/mol. The fraction of sp³-hybridized carbons (Fsp3) is 0.522. The largest absolute Gasteiger partial charge is 0.383 e. The van der Waals surface area contributed by atoms with Gasteiger partial charge in [0.05, 0.1) is 13.2 Å². The number of aryl methyl sites for hydroxylation is 2. The van der Waals surface area contributed by atoms with Gasteiger partial charge in [0, 0.05) is 32.4 Å². The number of nitrogens with two attached hydrogens (primary N) is 1. The van der Waals surface area contributed by atoms with Crippen molar-refractivity contribution in [3.8, 4) is 0 Å². The lowest BCUT2D eigenvalue weighted by Crippen LogP contribution is -2.47. The van der Waals surface area contributed by atoms with E-state index in [0.29, 0.717) is 6.54 Å². The molecule has 1 aromatic carbocycles. The Kier molecular flexibility index (Phi) is 7.40. The summed E-state index contributed by atoms with van der Waals surface area (Å²) >= 11 is 0. The third-order valence-electron chi connectivity index (χ3n) is 5.63. The Morgan fingerprint density at radius 2 is 2.06 bits per heavy atom. The van der Waals surface area contributed by atoms with Gasteiger partial charge in [0.1, 0.15) is 5.82 Å². The minimum atomic E-state index is -0.674. The van der Waals surface area contributed by atoms with E-state index < -0.39 is 11.2 Å². The van der Waals surface area contributed by atoms with Crippen molar-refractivity contribution in [3.63, 3.8) is 0 Å². The summed E-state index contributed by atoms with van der Waals surface area (Å²) in [5.41, 5.74) is 8.44. The number of carbonyl (C=O) groups excluding carboxylic acids is 1. The van der Waals surface area contributed by atoms with Crippen molar-refractivity contribution in [1.29, 1.82) is 0 Å². The molecule has 9 nitrogen and oxygen atoms in total. The van der Waals surface area contributed by atoms with Crippen LogP contribution in [0.2, 0.25) is 0 Å². The maximum Gasteiger partial charge on any atom is 0.330 e. The fourth-order valence-corrected chi connectivity index (χ4v) is 4.15. The van der Waals surface area contributed by atoms with Crippen LogP contribution < -0.4 is 26.8 Å². The highest BCUT2D eigenvalue weighted by Crippen LogP contribution is 2.28. The third-order valence-corrected chi connectivity index (χ3v) is 5.63. The van der Waals surface area contributed by atoms with Gasteiger partial charge in [0.25, 0.3) is 5.56 Å². The van der Waals surface area contributed by atoms with E-state index in [4.69, 9.17) is 10.5 Å². The number of carbonyl (C=O) groups is 1. The first-order valence-corrected chi connectivity index (χ1v) is 11.0. The van der Waals surface area contributed by atoms with Crippen molar-refractivity contribution in [2.24, 2.45) is 5.92 Å². The van der Waals surface area contributed by atoms with Crippen LogP contribution in [0.3, 0.4) is 0 Å². The van der Waals surface area contributed by atoms with E-state index in [1.54, 1.807) is 0 Å². The Labute approximate surface area is 187 Å². The standard InChI is InChI=1S/C23H33N5O4/c1-15(2)13-28-21(24)20(22(30)25-23(28)31)27(10-11-32-4)19(29)14-26-9-5-6-17-12-16(3)7-8-18(17)26/h7-8,12,15H,5-6,9-11,13-14,24H2,1-4H3,(H,25,30,31). The molecule has 0 unspecified atom stereocenters. The first-order chi connectivity index (χ1) is 15.2. The summed E-state index contributed by atoms with van der Waals surface area (Å²) in [6.45, 7) is 7.50. The average molecular weight is 444 g/mol. The molecule has 3 N–H and O–H groups in total. The molecule has 0 fully saturated rings. The molecule has 0 radical (unpaired) electrons. The molecule has 0 aliphatic carbocycles. The molecule has 1 amide bonds. The van der Waals surface area contributed by atoms with E-state index in [-0.39, 0.29) is 43.0 Å². The Bertz CT molecular complexity index is 1090. The second kappa shape index (κ2) is 10.0. The third kappa shape index (κ3) is 5.04. The van der Waals surface area contributed by atoms with Crippen molar-refractivity contribution in [2.45, 2.75) is 40.2 Å². The zero-order chi connectivity index (χ0) is 23.4. The van der Waals surface area contributed by atoms with E-state index in [0.717, 1.165) is 25.1 Å². The van der Waals surface area contributed by atoms with Crippen LogP contribution in [0.5, 0.6) is 0 Å². The molecule has 2 heterocycles. The van der Waals surface area contributed by atoms with Crippen LogP contribution in [0.1, 0.15) is 31.4 Å². The molecular formula is C23H33N5O4. The van der Waals surface area contributed by atoms with Crippen LogP contribution >= 0.6 is 0 Å². The van der Waals surface area contributed by atoms with E-state index in [1.807, 2.05) is 30.9 Å². The first kappa shape index (κ1) is 23.6. The van der Waals surface area contributed by atoms with Gasteiger partial charge in [-0.25, -0.2) is 4.79 Å². The van der Waals surface area contributed by atoms with E-state index in [1.165, 1.54) is 27.7 Å². The number of hydrogen-bond donors (Lipinski definition) is 2. The lowest BCUT2D eigenvalue weighted by atomic mass is 9.99. The van der Waals surface area contributed by atoms with Gasteiger partial charge in [0.2, 0.25) is 5.91 Å². The number of fused-ring (bicyclic) bond motifs is 1. The van der Waals surface area contributed by atoms with Gasteiger partial charge >= 0.3 is 5.69 Å². The van der Waals surface area contributed by atoms with Crippen LogP contribution in [-0.4, -0.2) is 48.8 Å². The normalized spacial score (nSPS) is 13.3. The number of nitrogens with zero attached hydrogens (tertiary/aromatic N) is 3. The number of nitrogen functional groups attached to an aromatic ring is 1. The maximum absolute atomic E-state index is 13.5. The molecule has 174 valence electrons. The molecule has 1 aromatic heterocycles. The van der Waals surface area contributed by atoms with Gasteiger partial charge in [-0.05, 0) is 37.3 Å². The number of H-pyrrole nitrogens is 1. The predicted octanol–water partition coefficient (Wildman–Crippen LogP) is 1.52. The highest BCUT2D eigenvalue weighted by Gasteiger charge is 2.27. The van der Waals surface area contributed by atoms with Crippen LogP contribution in [0.25, 0.3) is 0 Å². The number of ether oxygens (including phenoxy) is 1. The zero-order valence-electron chi connectivity index (χ0n) is 19.3. The molecule has 0 atom stereocenters. The topological polar surface area (TPSA) is 114 Å². The second-order valence-electron chi connectivity index (χ2n) is 8.69. The van der Waals surface area contributed by atoms with Crippen molar-refractivity contribution in [1.82, 2.24) is 9.55 Å². The quantitative estimate of drug-likeness (QED) is 0.639. The Balaban J connectivity index is 1.97. The van der Waals surface area contributed by atoms with Crippen LogP contribution in [-0.2, 0) is 22.5 Å². The van der Waals surface area contributed by atoms with E-state index in [9.17, 15) is 14.4 Å². The van der Waals surface area contributed by atoms with Gasteiger partial charge < -0.3 is 20.3 Å². The molecule has 3 rings (SSSR count). The van der Waals surface area contributed by atoms with Gasteiger partial charge in [0.15, 0.2) is 5.69 Å². The molecule has 9 heteroatoms. The number of amides is 1. The van der Waals surface area contributed by atoms with Crippen LogP contribution in [0.4, 0.5) is 17.2 Å². The molecule has 0 saturated carbocycles. The summed E-state index contributed by atoms with van der Waals surface area (Å²) in [6, 6.07) is 6.23. The van der Waals surface area contributed by atoms with Crippen LogP contribution in [0, 0.1) is 12.8 Å². The van der Waals surface area contributed by atoms with Crippen LogP contribution in [0.15, 0.2) is 27.8 Å². The first-order valence-electron chi connectivity index (χ1n) is 11.0. The van der Waals surface area contributed by atoms with Gasteiger partial charge in [-0.3, -0.25) is 19.1 Å². The van der Waals surface area contributed by atoms with Gasteiger partial charge in [-0.1, -0.05) is 31.5 Å². The molecular weight excluding hydrogens is 410 g/mol. The number of benzene rings is 1. The molecule has 0 saturated heterocycles. The van der Waals surface area contributed by atoms with E-state index >= 15 is 0 Å². The highest BCUT2D eigenvalue weighted by atomic mass is 16.5. The number of rotatable bonds is 8. The number of aromatic nitrogens is 2. The fourth-order valence-electron chi connectivity index (χ4n) is 4.15. The van der Waals surface area contributed by atoms with Gasteiger partial charge in [-0.15, -0.1) is 0 Å². The molecule has 2 aromatic rings. The zero-order valence-corrected chi connectivity index (χ0v) is 19.3. The number of hydrogen-bond acceptors (Lipinski definition) is 6.